The van der Waals surface area contributed by atoms with E-state index in [9.17, 15) is 4.79 Å². The average molecular weight is 201 g/mol. The Hall–Kier alpha value is -2.17. The SMILES string of the molecule is O=C1Nc2cnccc2C1c1ncco1. The van der Waals surface area contributed by atoms with Crippen LogP contribution in [0, 0.1) is 0 Å². The van der Waals surface area contributed by atoms with Crippen molar-refractivity contribution in [3.63, 3.8) is 0 Å². The van der Waals surface area contributed by atoms with Gasteiger partial charge in [0, 0.05) is 11.8 Å². The van der Waals surface area contributed by atoms with Gasteiger partial charge in [0.05, 0.1) is 18.1 Å². The van der Waals surface area contributed by atoms with E-state index < -0.39 is 5.92 Å². The smallest absolute Gasteiger partial charge is 0.241 e. The molecule has 2 aromatic rings. The number of fused-ring (bicyclic) bond motifs is 1. The first-order chi connectivity index (χ1) is 7.36. The molecular weight excluding hydrogens is 194 g/mol. The second-order valence-corrected chi connectivity index (χ2v) is 3.26. The largest absolute Gasteiger partial charge is 0.448 e. The van der Waals surface area contributed by atoms with E-state index in [2.05, 4.69) is 15.3 Å². The summed E-state index contributed by atoms with van der Waals surface area (Å²) in [7, 11) is 0. The normalized spacial score (nSPS) is 18.7. The van der Waals surface area contributed by atoms with Crippen molar-refractivity contribution in [3.05, 3.63) is 42.4 Å². The number of nitrogens with one attached hydrogen (secondary N) is 1. The van der Waals surface area contributed by atoms with Crippen LogP contribution in [0.1, 0.15) is 17.4 Å². The number of hydrogen-bond donors (Lipinski definition) is 1. The average Bonchev–Trinajstić information content (AvgIpc) is 2.82. The van der Waals surface area contributed by atoms with Gasteiger partial charge in [-0.1, -0.05) is 0 Å². The van der Waals surface area contributed by atoms with Gasteiger partial charge >= 0.3 is 0 Å². The number of anilines is 1. The van der Waals surface area contributed by atoms with Crippen molar-refractivity contribution in [3.8, 4) is 0 Å². The van der Waals surface area contributed by atoms with Crippen LogP contribution in [-0.2, 0) is 4.79 Å². The molecular formula is C10H7N3O2. The van der Waals surface area contributed by atoms with Crippen LogP contribution < -0.4 is 5.32 Å². The van der Waals surface area contributed by atoms with E-state index in [1.165, 1.54) is 12.5 Å². The minimum absolute atomic E-state index is 0.125. The fourth-order valence-corrected chi connectivity index (χ4v) is 1.73. The van der Waals surface area contributed by atoms with E-state index in [4.69, 9.17) is 4.42 Å². The predicted octanol–water partition coefficient (Wildman–Crippen LogP) is 1.15. The van der Waals surface area contributed by atoms with Crippen molar-refractivity contribution in [2.24, 2.45) is 0 Å². The third-order valence-electron chi connectivity index (χ3n) is 2.38. The topological polar surface area (TPSA) is 68.0 Å². The highest BCUT2D eigenvalue weighted by molar-refractivity contribution is 6.04. The van der Waals surface area contributed by atoms with E-state index in [0.29, 0.717) is 5.89 Å². The number of aromatic nitrogens is 2. The standard InChI is InChI=1S/C10H7N3O2/c14-9-8(10-12-3-4-15-10)6-1-2-11-5-7(6)13-9/h1-5,8H,(H,13,14). The Bertz CT molecular complexity index is 507. The van der Waals surface area contributed by atoms with Gasteiger partial charge in [0.2, 0.25) is 11.8 Å². The molecule has 3 heterocycles. The Morgan fingerprint density at radius 2 is 2.33 bits per heavy atom. The Kier molecular flexibility index (Phi) is 1.58. The second-order valence-electron chi connectivity index (χ2n) is 3.26. The van der Waals surface area contributed by atoms with Crippen molar-refractivity contribution in [1.29, 1.82) is 0 Å². The Morgan fingerprint density at radius 1 is 1.40 bits per heavy atom. The first kappa shape index (κ1) is 8.16. The molecule has 0 fully saturated rings. The third kappa shape index (κ3) is 1.13. The molecule has 0 spiro atoms. The minimum Gasteiger partial charge on any atom is -0.448 e. The zero-order valence-corrected chi connectivity index (χ0v) is 7.68. The van der Waals surface area contributed by atoms with E-state index in [1.807, 2.05) is 0 Å². The van der Waals surface area contributed by atoms with Crippen LogP contribution in [0.2, 0.25) is 0 Å². The van der Waals surface area contributed by atoms with Crippen LogP contribution in [0.25, 0.3) is 0 Å². The summed E-state index contributed by atoms with van der Waals surface area (Å²) in [5.41, 5.74) is 1.59. The molecule has 1 unspecified atom stereocenters. The lowest BCUT2D eigenvalue weighted by Crippen LogP contribution is -2.13. The molecule has 1 amide bonds. The van der Waals surface area contributed by atoms with Gasteiger partial charge in [-0.3, -0.25) is 9.78 Å². The molecule has 1 atom stereocenters. The van der Waals surface area contributed by atoms with Crippen molar-refractivity contribution in [2.45, 2.75) is 5.92 Å². The highest BCUT2D eigenvalue weighted by Crippen LogP contribution is 2.35. The van der Waals surface area contributed by atoms with Crippen molar-refractivity contribution in [1.82, 2.24) is 9.97 Å². The fourth-order valence-electron chi connectivity index (χ4n) is 1.73. The molecule has 1 aliphatic heterocycles. The van der Waals surface area contributed by atoms with Crippen molar-refractivity contribution >= 4 is 11.6 Å². The van der Waals surface area contributed by atoms with E-state index >= 15 is 0 Å². The van der Waals surface area contributed by atoms with Crippen LogP contribution in [0.5, 0.6) is 0 Å². The Morgan fingerprint density at radius 3 is 3.13 bits per heavy atom. The van der Waals surface area contributed by atoms with Gasteiger partial charge in [-0.25, -0.2) is 4.98 Å². The lowest BCUT2D eigenvalue weighted by Gasteiger charge is -2.02. The molecule has 5 nitrogen and oxygen atoms in total. The summed E-state index contributed by atoms with van der Waals surface area (Å²) in [6, 6.07) is 1.79. The molecule has 2 aromatic heterocycles. The fraction of sp³-hybridized carbons (Fsp3) is 0.100. The number of carbonyl (C=O) groups excluding carboxylic acids is 1. The molecule has 0 saturated carbocycles. The third-order valence-corrected chi connectivity index (χ3v) is 2.38. The molecule has 0 saturated heterocycles. The molecule has 15 heavy (non-hydrogen) atoms. The molecule has 0 bridgehead atoms. The lowest BCUT2D eigenvalue weighted by molar-refractivity contribution is -0.116. The Balaban J connectivity index is 2.14. The summed E-state index contributed by atoms with van der Waals surface area (Å²) < 4.78 is 5.15. The van der Waals surface area contributed by atoms with E-state index in [-0.39, 0.29) is 5.91 Å². The second kappa shape index (κ2) is 2.91. The maximum atomic E-state index is 11.7. The van der Waals surface area contributed by atoms with E-state index in [1.54, 1.807) is 18.5 Å². The van der Waals surface area contributed by atoms with Crippen LogP contribution in [-0.4, -0.2) is 15.9 Å². The zero-order valence-electron chi connectivity index (χ0n) is 7.68. The number of carbonyl (C=O) groups is 1. The molecule has 0 aliphatic carbocycles. The molecule has 5 heteroatoms. The number of amides is 1. The van der Waals surface area contributed by atoms with Gasteiger partial charge in [0.15, 0.2) is 0 Å². The van der Waals surface area contributed by atoms with Crippen molar-refractivity contribution in [2.75, 3.05) is 5.32 Å². The highest BCUT2D eigenvalue weighted by atomic mass is 16.3. The van der Waals surface area contributed by atoms with Crippen LogP contribution in [0.3, 0.4) is 0 Å². The van der Waals surface area contributed by atoms with E-state index in [0.717, 1.165) is 11.3 Å². The van der Waals surface area contributed by atoms with Crippen LogP contribution in [0.4, 0.5) is 5.69 Å². The first-order valence-corrected chi connectivity index (χ1v) is 4.50. The van der Waals surface area contributed by atoms with Gasteiger partial charge in [-0.15, -0.1) is 0 Å². The number of hydrogen-bond acceptors (Lipinski definition) is 4. The summed E-state index contributed by atoms with van der Waals surface area (Å²) in [6.07, 6.45) is 6.26. The molecule has 3 rings (SSSR count). The van der Waals surface area contributed by atoms with Gasteiger partial charge in [-0.2, -0.15) is 0 Å². The molecule has 74 valence electrons. The molecule has 1 aliphatic rings. The summed E-state index contributed by atoms with van der Waals surface area (Å²) >= 11 is 0. The predicted molar refractivity (Wildman–Crippen MR) is 51.2 cm³/mol. The summed E-state index contributed by atoms with van der Waals surface area (Å²) in [5.74, 6) is -0.157. The van der Waals surface area contributed by atoms with Crippen LogP contribution in [0.15, 0.2) is 35.3 Å². The molecule has 0 radical (unpaired) electrons. The highest BCUT2D eigenvalue weighted by Gasteiger charge is 2.34. The maximum absolute atomic E-state index is 11.7. The monoisotopic (exact) mass is 201 g/mol. The zero-order chi connectivity index (χ0) is 10.3. The van der Waals surface area contributed by atoms with Gasteiger partial charge in [-0.05, 0) is 6.07 Å². The summed E-state index contributed by atoms with van der Waals surface area (Å²) in [5, 5.41) is 2.73. The first-order valence-electron chi connectivity index (χ1n) is 4.50. The summed E-state index contributed by atoms with van der Waals surface area (Å²) in [4.78, 5) is 19.6. The minimum atomic E-state index is -0.446. The number of nitrogens with zero attached hydrogens (tertiary/aromatic N) is 2. The number of rotatable bonds is 1. The summed E-state index contributed by atoms with van der Waals surface area (Å²) in [6.45, 7) is 0. The van der Waals surface area contributed by atoms with Gasteiger partial charge in [0.1, 0.15) is 12.2 Å². The van der Waals surface area contributed by atoms with Crippen LogP contribution >= 0.6 is 0 Å². The quantitative estimate of drug-likeness (QED) is 0.751. The Labute approximate surface area is 85.2 Å². The van der Waals surface area contributed by atoms with Gasteiger partial charge < -0.3 is 9.73 Å². The van der Waals surface area contributed by atoms with Gasteiger partial charge in [0.25, 0.3) is 0 Å². The maximum Gasteiger partial charge on any atom is 0.241 e. The lowest BCUT2D eigenvalue weighted by atomic mass is 10.0. The number of oxazole rings is 1. The number of pyridine rings is 1. The van der Waals surface area contributed by atoms with Crippen molar-refractivity contribution < 1.29 is 9.21 Å². The molecule has 0 aromatic carbocycles. The molecule has 1 N–H and O–H groups in total.